The zero-order valence-corrected chi connectivity index (χ0v) is 8.25. The molecule has 0 aromatic heterocycles. The van der Waals surface area contributed by atoms with Gasteiger partial charge in [-0.3, -0.25) is 9.69 Å². The second-order valence-electron chi connectivity index (χ2n) is 4.10. The first kappa shape index (κ1) is 9.00. The van der Waals surface area contributed by atoms with Gasteiger partial charge in [-0.15, -0.1) is 0 Å². The standard InChI is InChI=1S/C10H18N2O/c1-2-5-12-6-3-4-8-9(12)7-11-10(8)13/h8-9H,2-7H2,1H3,(H,11,13). The Morgan fingerprint density at radius 3 is 3.23 bits per heavy atom. The average Bonchev–Trinajstić information content (AvgIpc) is 2.50. The summed E-state index contributed by atoms with van der Waals surface area (Å²) in [4.78, 5) is 13.9. The lowest BCUT2D eigenvalue weighted by atomic mass is 9.91. The minimum atomic E-state index is 0.283. The summed E-state index contributed by atoms with van der Waals surface area (Å²) in [7, 11) is 0. The summed E-state index contributed by atoms with van der Waals surface area (Å²) in [6.45, 7) is 5.41. The summed E-state index contributed by atoms with van der Waals surface area (Å²) in [5, 5.41) is 2.97. The highest BCUT2D eigenvalue weighted by Crippen LogP contribution is 2.27. The maximum Gasteiger partial charge on any atom is 0.224 e. The Hall–Kier alpha value is -0.570. The van der Waals surface area contributed by atoms with Gasteiger partial charge in [-0.1, -0.05) is 6.92 Å². The van der Waals surface area contributed by atoms with Crippen molar-refractivity contribution >= 4 is 5.91 Å². The van der Waals surface area contributed by atoms with Gasteiger partial charge in [0.25, 0.3) is 0 Å². The number of piperidine rings is 1. The lowest BCUT2D eigenvalue weighted by molar-refractivity contribution is -0.124. The summed E-state index contributed by atoms with van der Waals surface area (Å²) in [5.41, 5.74) is 0. The van der Waals surface area contributed by atoms with Crippen molar-refractivity contribution in [1.82, 2.24) is 10.2 Å². The molecule has 2 heterocycles. The molecule has 0 bridgehead atoms. The van der Waals surface area contributed by atoms with Gasteiger partial charge in [0.05, 0.1) is 5.92 Å². The number of amides is 1. The molecule has 2 saturated heterocycles. The van der Waals surface area contributed by atoms with Crippen molar-refractivity contribution in [2.75, 3.05) is 19.6 Å². The van der Waals surface area contributed by atoms with E-state index in [0.29, 0.717) is 12.0 Å². The van der Waals surface area contributed by atoms with E-state index in [4.69, 9.17) is 0 Å². The minimum Gasteiger partial charge on any atom is -0.354 e. The fourth-order valence-electron chi connectivity index (χ4n) is 2.61. The molecule has 2 rings (SSSR count). The van der Waals surface area contributed by atoms with E-state index in [2.05, 4.69) is 17.1 Å². The Bertz CT molecular complexity index is 203. The summed E-state index contributed by atoms with van der Waals surface area (Å²) in [6.07, 6.45) is 3.47. The molecule has 0 saturated carbocycles. The third-order valence-electron chi connectivity index (χ3n) is 3.23. The van der Waals surface area contributed by atoms with Gasteiger partial charge >= 0.3 is 0 Å². The van der Waals surface area contributed by atoms with Crippen LogP contribution in [0.5, 0.6) is 0 Å². The molecule has 0 aromatic carbocycles. The molecule has 0 radical (unpaired) electrons. The number of rotatable bonds is 2. The van der Waals surface area contributed by atoms with Crippen LogP contribution in [0.2, 0.25) is 0 Å². The Morgan fingerprint density at radius 2 is 2.46 bits per heavy atom. The van der Waals surface area contributed by atoms with E-state index in [1.54, 1.807) is 0 Å². The van der Waals surface area contributed by atoms with Crippen LogP contribution in [0.4, 0.5) is 0 Å². The van der Waals surface area contributed by atoms with Gasteiger partial charge in [0.2, 0.25) is 5.91 Å². The number of nitrogens with one attached hydrogen (secondary N) is 1. The smallest absolute Gasteiger partial charge is 0.224 e. The summed E-state index contributed by atoms with van der Waals surface area (Å²) in [6, 6.07) is 0.501. The van der Waals surface area contributed by atoms with E-state index in [9.17, 15) is 4.79 Å². The van der Waals surface area contributed by atoms with Crippen LogP contribution < -0.4 is 5.32 Å². The van der Waals surface area contributed by atoms with Crippen LogP contribution in [0.25, 0.3) is 0 Å². The minimum absolute atomic E-state index is 0.283. The molecular weight excluding hydrogens is 164 g/mol. The Kier molecular flexibility index (Phi) is 2.54. The predicted octanol–water partition coefficient (Wildman–Crippen LogP) is 0.607. The van der Waals surface area contributed by atoms with Gasteiger partial charge in [0, 0.05) is 12.6 Å². The highest BCUT2D eigenvalue weighted by Gasteiger charge is 2.39. The Balaban J connectivity index is 2.02. The highest BCUT2D eigenvalue weighted by atomic mass is 16.2. The van der Waals surface area contributed by atoms with Crippen LogP contribution in [0.3, 0.4) is 0 Å². The van der Waals surface area contributed by atoms with E-state index < -0.39 is 0 Å². The molecule has 0 aromatic rings. The molecule has 1 N–H and O–H groups in total. The second kappa shape index (κ2) is 3.66. The average molecular weight is 182 g/mol. The number of hydrogen-bond acceptors (Lipinski definition) is 2. The fourth-order valence-corrected chi connectivity index (χ4v) is 2.61. The first-order valence-corrected chi connectivity index (χ1v) is 5.34. The summed E-state index contributed by atoms with van der Waals surface area (Å²) < 4.78 is 0. The number of nitrogens with zero attached hydrogens (tertiary/aromatic N) is 1. The zero-order valence-electron chi connectivity index (χ0n) is 8.25. The van der Waals surface area contributed by atoms with Crippen LogP contribution in [-0.2, 0) is 4.79 Å². The van der Waals surface area contributed by atoms with Gasteiger partial charge in [-0.05, 0) is 32.4 Å². The van der Waals surface area contributed by atoms with Crippen molar-refractivity contribution in [3.8, 4) is 0 Å². The normalized spacial score (nSPS) is 34.4. The molecule has 3 heteroatoms. The van der Waals surface area contributed by atoms with E-state index >= 15 is 0 Å². The lowest BCUT2D eigenvalue weighted by Gasteiger charge is -2.35. The van der Waals surface area contributed by atoms with Crippen molar-refractivity contribution < 1.29 is 4.79 Å². The topological polar surface area (TPSA) is 32.3 Å². The van der Waals surface area contributed by atoms with Crippen molar-refractivity contribution in [3.63, 3.8) is 0 Å². The number of carbonyl (C=O) groups excluding carboxylic acids is 1. The fraction of sp³-hybridized carbons (Fsp3) is 0.900. The van der Waals surface area contributed by atoms with Gasteiger partial charge in [0.1, 0.15) is 0 Å². The first-order valence-electron chi connectivity index (χ1n) is 5.34. The van der Waals surface area contributed by atoms with Crippen LogP contribution >= 0.6 is 0 Å². The molecule has 1 amide bonds. The van der Waals surface area contributed by atoms with Crippen LogP contribution in [0, 0.1) is 5.92 Å². The molecule has 2 aliphatic rings. The molecule has 0 aliphatic carbocycles. The van der Waals surface area contributed by atoms with Gasteiger partial charge in [-0.2, -0.15) is 0 Å². The Labute approximate surface area is 79.5 Å². The summed E-state index contributed by atoms with van der Waals surface area (Å²) >= 11 is 0. The molecule has 2 unspecified atom stereocenters. The maximum absolute atomic E-state index is 11.4. The number of fused-ring (bicyclic) bond motifs is 1. The van der Waals surface area contributed by atoms with E-state index in [1.807, 2.05) is 0 Å². The third kappa shape index (κ3) is 1.57. The molecule has 3 nitrogen and oxygen atoms in total. The molecular formula is C10H18N2O. The van der Waals surface area contributed by atoms with Crippen molar-refractivity contribution in [1.29, 1.82) is 0 Å². The molecule has 0 spiro atoms. The van der Waals surface area contributed by atoms with Gasteiger partial charge < -0.3 is 5.32 Å². The monoisotopic (exact) mass is 182 g/mol. The molecule has 13 heavy (non-hydrogen) atoms. The Morgan fingerprint density at radius 1 is 1.62 bits per heavy atom. The van der Waals surface area contributed by atoms with E-state index in [0.717, 1.165) is 19.5 Å². The largest absolute Gasteiger partial charge is 0.354 e. The molecule has 74 valence electrons. The lowest BCUT2D eigenvalue weighted by Crippen LogP contribution is -2.45. The number of likely N-dealkylation sites (tertiary alicyclic amines) is 1. The quantitative estimate of drug-likeness (QED) is 0.678. The van der Waals surface area contributed by atoms with E-state index in [-0.39, 0.29) is 5.91 Å². The van der Waals surface area contributed by atoms with Crippen molar-refractivity contribution in [2.24, 2.45) is 5.92 Å². The van der Waals surface area contributed by atoms with E-state index in [1.165, 1.54) is 19.4 Å². The zero-order chi connectivity index (χ0) is 9.26. The first-order chi connectivity index (χ1) is 6.33. The van der Waals surface area contributed by atoms with Gasteiger partial charge in [0.15, 0.2) is 0 Å². The van der Waals surface area contributed by atoms with Crippen molar-refractivity contribution in [2.45, 2.75) is 32.2 Å². The number of carbonyl (C=O) groups is 1. The van der Waals surface area contributed by atoms with Crippen LogP contribution in [0.1, 0.15) is 26.2 Å². The van der Waals surface area contributed by atoms with Crippen LogP contribution in [0.15, 0.2) is 0 Å². The number of hydrogen-bond donors (Lipinski definition) is 1. The maximum atomic E-state index is 11.4. The molecule has 2 atom stereocenters. The second-order valence-corrected chi connectivity index (χ2v) is 4.10. The van der Waals surface area contributed by atoms with Crippen LogP contribution in [-0.4, -0.2) is 36.5 Å². The third-order valence-corrected chi connectivity index (χ3v) is 3.23. The summed E-state index contributed by atoms with van der Waals surface area (Å²) in [5.74, 6) is 0.575. The van der Waals surface area contributed by atoms with Crippen molar-refractivity contribution in [3.05, 3.63) is 0 Å². The SMILES string of the molecule is CCCN1CCCC2C(=O)NCC21. The predicted molar refractivity (Wildman–Crippen MR) is 51.4 cm³/mol. The molecule has 2 fully saturated rings. The highest BCUT2D eigenvalue weighted by molar-refractivity contribution is 5.82. The molecule has 2 aliphatic heterocycles. The van der Waals surface area contributed by atoms with Gasteiger partial charge in [-0.25, -0.2) is 0 Å².